The van der Waals surface area contributed by atoms with Crippen LogP contribution in [0.25, 0.3) is 0 Å². The molecule has 1 N–H and O–H groups in total. The molecular weight excluding hydrogens is 322 g/mol. The average Bonchev–Trinajstić information content (AvgIpc) is 2.60. The Morgan fingerprint density at radius 2 is 2.12 bits per heavy atom. The third kappa shape index (κ3) is 3.94. The lowest BCUT2D eigenvalue weighted by molar-refractivity contribution is -0.121. The van der Waals surface area contributed by atoms with Crippen LogP contribution in [0.3, 0.4) is 0 Å². The first-order valence-corrected chi connectivity index (χ1v) is 8.82. The summed E-state index contributed by atoms with van der Waals surface area (Å²) in [7, 11) is 0. The van der Waals surface area contributed by atoms with E-state index < -0.39 is 0 Å². The topological polar surface area (TPSA) is 62.3 Å². The van der Waals surface area contributed by atoms with E-state index in [9.17, 15) is 9.59 Å². The van der Waals surface area contributed by atoms with Gasteiger partial charge in [0, 0.05) is 36.3 Å². The number of pyridine rings is 1. The van der Waals surface area contributed by atoms with E-state index in [1.54, 1.807) is 22.9 Å². The lowest BCUT2D eigenvalue weighted by atomic mass is 10.2. The standard InChI is InChI=1S/C18H19N3O2S/c1-13-6-7-14(10-19-13)11-20-17(22)8-9-21-15-4-2-3-5-16(15)24-12-18(21)23/h2-7,10H,8-9,11-12H2,1H3,(H,20,22). The first-order chi connectivity index (χ1) is 11.6. The fourth-order valence-corrected chi connectivity index (χ4v) is 3.44. The summed E-state index contributed by atoms with van der Waals surface area (Å²) in [6.07, 6.45) is 2.04. The van der Waals surface area contributed by atoms with Crippen molar-refractivity contribution < 1.29 is 9.59 Å². The third-order valence-electron chi connectivity index (χ3n) is 3.83. The van der Waals surface area contributed by atoms with Crippen LogP contribution in [0.15, 0.2) is 47.5 Å². The number of rotatable bonds is 5. The van der Waals surface area contributed by atoms with Crippen LogP contribution in [0.5, 0.6) is 0 Å². The van der Waals surface area contributed by atoms with Crippen molar-refractivity contribution in [2.24, 2.45) is 0 Å². The molecule has 0 fully saturated rings. The van der Waals surface area contributed by atoms with Gasteiger partial charge >= 0.3 is 0 Å². The number of aromatic nitrogens is 1. The molecule has 6 heteroatoms. The highest BCUT2D eigenvalue weighted by Gasteiger charge is 2.24. The largest absolute Gasteiger partial charge is 0.352 e. The first kappa shape index (κ1) is 16.5. The first-order valence-electron chi connectivity index (χ1n) is 7.84. The monoisotopic (exact) mass is 341 g/mol. The predicted octanol–water partition coefficient (Wildman–Crippen LogP) is 2.54. The Kier molecular flexibility index (Phi) is 5.15. The molecule has 1 aromatic carbocycles. The molecular formula is C18H19N3O2S. The number of hydrogen-bond donors (Lipinski definition) is 1. The van der Waals surface area contributed by atoms with E-state index in [1.165, 1.54) is 0 Å². The highest BCUT2D eigenvalue weighted by Crippen LogP contribution is 2.34. The summed E-state index contributed by atoms with van der Waals surface area (Å²) < 4.78 is 0. The van der Waals surface area contributed by atoms with Crippen molar-refractivity contribution in [3.05, 3.63) is 53.9 Å². The summed E-state index contributed by atoms with van der Waals surface area (Å²) in [4.78, 5) is 31.2. The lowest BCUT2D eigenvalue weighted by Gasteiger charge is -2.28. The number of fused-ring (bicyclic) bond motifs is 1. The maximum absolute atomic E-state index is 12.1. The van der Waals surface area contributed by atoms with Crippen LogP contribution in [0, 0.1) is 6.92 Å². The molecule has 2 aromatic rings. The van der Waals surface area contributed by atoms with Crippen LogP contribution in [-0.2, 0) is 16.1 Å². The summed E-state index contributed by atoms with van der Waals surface area (Å²) in [5.41, 5.74) is 2.81. The second-order valence-corrected chi connectivity index (χ2v) is 6.65. The quantitative estimate of drug-likeness (QED) is 0.908. The van der Waals surface area contributed by atoms with Gasteiger partial charge in [0.15, 0.2) is 0 Å². The number of hydrogen-bond acceptors (Lipinski definition) is 4. The number of aryl methyl sites for hydroxylation is 1. The lowest BCUT2D eigenvalue weighted by Crippen LogP contribution is -2.38. The van der Waals surface area contributed by atoms with Crippen molar-refractivity contribution in [1.82, 2.24) is 10.3 Å². The van der Waals surface area contributed by atoms with E-state index in [0.29, 0.717) is 18.8 Å². The Hall–Kier alpha value is -2.34. The number of carbonyl (C=O) groups excluding carboxylic acids is 2. The number of para-hydroxylation sites is 1. The van der Waals surface area contributed by atoms with Crippen LogP contribution in [0.2, 0.25) is 0 Å². The van der Waals surface area contributed by atoms with Gasteiger partial charge in [-0.2, -0.15) is 0 Å². The minimum atomic E-state index is -0.0703. The molecule has 0 atom stereocenters. The van der Waals surface area contributed by atoms with Crippen LogP contribution in [-0.4, -0.2) is 29.1 Å². The Morgan fingerprint density at radius 3 is 2.92 bits per heavy atom. The summed E-state index contributed by atoms with van der Waals surface area (Å²) in [6.45, 7) is 2.77. The maximum Gasteiger partial charge on any atom is 0.237 e. The maximum atomic E-state index is 12.1. The van der Waals surface area contributed by atoms with E-state index >= 15 is 0 Å². The number of benzene rings is 1. The molecule has 24 heavy (non-hydrogen) atoms. The molecule has 5 nitrogen and oxygen atoms in total. The van der Waals surface area contributed by atoms with E-state index in [2.05, 4.69) is 10.3 Å². The minimum absolute atomic E-state index is 0.0502. The summed E-state index contributed by atoms with van der Waals surface area (Å²) in [5, 5.41) is 2.87. The van der Waals surface area contributed by atoms with Gasteiger partial charge in [0.1, 0.15) is 0 Å². The highest BCUT2D eigenvalue weighted by molar-refractivity contribution is 8.00. The van der Waals surface area contributed by atoms with Gasteiger partial charge < -0.3 is 10.2 Å². The number of amides is 2. The Labute approximate surface area is 145 Å². The van der Waals surface area contributed by atoms with Gasteiger partial charge in [0.05, 0.1) is 11.4 Å². The van der Waals surface area contributed by atoms with Crippen LogP contribution < -0.4 is 10.2 Å². The van der Waals surface area contributed by atoms with Crippen LogP contribution in [0.4, 0.5) is 5.69 Å². The van der Waals surface area contributed by atoms with Crippen molar-refractivity contribution in [2.45, 2.75) is 24.8 Å². The van der Waals surface area contributed by atoms with Gasteiger partial charge in [-0.1, -0.05) is 18.2 Å². The zero-order valence-corrected chi connectivity index (χ0v) is 14.3. The molecule has 0 radical (unpaired) electrons. The normalized spacial score (nSPS) is 13.5. The van der Waals surface area contributed by atoms with Gasteiger partial charge in [-0.3, -0.25) is 14.6 Å². The second-order valence-electron chi connectivity index (χ2n) is 5.64. The summed E-state index contributed by atoms with van der Waals surface area (Å²) in [5.74, 6) is 0.404. The van der Waals surface area contributed by atoms with Gasteiger partial charge in [0.25, 0.3) is 0 Å². The van der Waals surface area contributed by atoms with Crippen molar-refractivity contribution in [3.8, 4) is 0 Å². The molecule has 0 unspecified atom stereocenters. The molecule has 0 saturated carbocycles. The molecule has 2 amide bonds. The fourth-order valence-electron chi connectivity index (χ4n) is 2.50. The number of thioether (sulfide) groups is 1. The fraction of sp³-hybridized carbons (Fsp3) is 0.278. The van der Waals surface area contributed by atoms with Gasteiger partial charge in [-0.25, -0.2) is 0 Å². The van der Waals surface area contributed by atoms with E-state index in [0.717, 1.165) is 21.8 Å². The van der Waals surface area contributed by atoms with Crippen molar-refractivity contribution in [1.29, 1.82) is 0 Å². The SMILES string of the molecule is Cc1ccc(CNC(=O)CCN2C(=O)CSc3ccccc32)cn1. The molecule has 0 saturated heterocycles. The van der Waals surface area contributed by atoms with Crippen molar-refractivity contribution >= 4 is 29.3 Å². The van der Waals surface area contributed by atoms with E-state index in [4.69, 9.17) is 0 Å². The molecule has 0 bridgehead atoms. The van der Waals surface area contributed by atoms with Crippen LogP contribution >= 0.6 is 11.8 Å². The third-order valence-corrected chi connectivity index (χ3v) is 4.88. The average molecular weight is 341 g/mol. The van der Waals surface area contributed by atoms with Crippen molar-refractivity contribution in [3.63, 3.8) is 0 Å². The molecule has 3 rings (SSSR count). The molecule has 1 aromatic heterocycles. The van der Waals surface area contributed by atoms with Crippen LogP contribution in [0.1, 0.15) is 17.7 Å². The van der Waals surface area contributed by atoms with Crippen molar-refractivity contribution in [2.75, 3.05) is 17.2 Å². The smallest absolute Gasteiger partial charge is 0.237 e. The van der Waals surface area contributed by atoms with Gasteiger partial charge in [-0.05, 0) is 30.7 Å². The minimum Gasteiger partial charge on any atom is -0.352 e. The zero-order chi connectivity index (χ0) is 16.9. The Bertz CT molecular complexity index is 746. The molecule has 124 valence electrons. The Balaban J connectivity index is 1.54. The predicted molar refractivity (Wildman–Crippen MR) is 95.0 cm³/mol. The molecule has 2 heterocycles. The number of carbonyl (C=O) groups is 2. The Morgan fingerprint density at radius 1 is 1.29 bits per heavy atom. The zero-order valence-electron chi connectivity index (χ0n) is 13.5. The number of nitrogens with zero attached hydrogens (tertiary/aromatic N) is 2. The number of anilines is 1. The summed E-state index contributed by atoms with van der Waals surface area (Å²) in [6, 6.07) is 11.7. The summed E-state index contributed by atoms with van der Waals surface area (Å²) >= 11 is 1.54. The van der Waals surface area contributed by atoms with E-state index in [-0.39, 0.29) is 18.2 Å². The van der Waals surface area contributed by atoms with Gasteiger partial charge in [-0.15, -0.1) is 11.8 Å². The molecule has 1 aliphatic heterocycles. The second kappa shape index (κ2) is 7.49. The molecule has 0 spiro atoms. The number of nitrogens with one attached hydrogen (secondary N) is 1. The molecule has 0 aliphatic carbocycles. The highest BCUT2D eigenvalue weighted by atomic mass is 32.2. The molecule has 1 aliphatic rings. The van der Waals surface area contributed by atoms with Gasteiger partial charge in [0.2, 0.25) is 11.8 Å². The van der Waals surface area contributed by atoms with E-state index in [1.807, 2.05) is 43.3 Å².